The van der Waals surface area contributed by atoms with E-state index in [4.69, 9.17) is 0 Å². The first kappa shape index (κ1) is 16.3. The lowest BCUT2D eigenvalue weighted by molar-refractivity contribution is -0.114. The summed E-state index contributed by atoms with van der Waals surface area (Å²) in [4.78, 5) is 19.5. The molecule has 0 spiro atoms. The van der Waals surface area contributed by atoms with Crippen LogP contribution in [0, 0.1) is 0 Å². The third kappa shape index (κ3) is 3.86. The van der Waals surface area contributed by atoms with Gasteiger partial charge in [-0.3, -0.25) is 9.78 Å². The second-order valence-corrected chi connectivity index (χ2v) is 6.42. The molecule has 0 aliphatic heterocycles. The Bertz CT molecular complexity index is 866. The molecule has 0 aliphatic rings. The molecule has 1 heterocycles. The van der Waals surface area contributed by atoms with Crippen LogP contribution in [0.3, 0.4) is 0 Å². The van der Waals surface area contributed by atoms with Crippen molar-refractivity contribution in [2.75, 3.05) is 30.1 Å². The van der Waals surface area contributed by atoms with Crippen LogP contribution in [0.2, 0.25) is 0 Å². The molecule has 3 aromatic rings. The summed E-state index contributed by atoms with van der Waals surface area (Å²) in [5, 5.41) is 5.07. The number of benzene rings is 2. The number of thioether (sulfide) groups is 1. The van der Waals surface area contributed by atoms with Crippen molar-refractivity contribution < 1.29 is 4.79 Å². The number of anilines is 2. The van der Waals surface area contributed by atoms with Gasteiger partial charge in [0.25, 0.3) is 0 Å². The predicted molar refractivity (Wildman–Crippen MR) is 102 cm³/mol. The van der Waals surface area contributed by atoms with Crippen molar-refractivity contribution in [3.8, 4) is 0 Å². The van der Waals surface area contributed by atoms with E-state index in [1.165, 1.54) is 4.90 Å². The molecule has 0 bridgehead atoms. The Kier molecular flexibility index (Phi) is 5.01. The van der Waals surface area contributed by atoms with Gasteiger partial charge < -0.3 is 10.2 Å². The molecule has 0 unspecified atom stereocenters. The molecule has 2 aromatic carbocycles. The van der Waals surface area contributed by atoms with Crippen LogP contribution in [-0.4, -0.2) is 30.7 Å². The van der Waals surface area contributed by atoms with E-state index in [9.17, 15) is 4.79 Å². The minimum atomic E-state index is -0.0412. The van der Waals surface area contributed by atoms with E-state index < -0.39 is 0 Å². The van der Waals surface area contributed by atoms with Crippen LogP contribution in [-0.2, 0) is 4.79 Å². The lowest BCUT2D eigenvalue weighted by Crippen LogP contribution is -2.30. The minimum absolute atomic E-state index is 0.0412. The molecular formula is C19H19N3OS. The Morgan fingerprint density at radius 1 is 1.17 bits per heavy atom. The summed E-state index contributed by atoms with van der Waals surface area (Å²) in [5.41, 5.74) is 1.83. The van der Waals surface area contributed by atoms with Crippen molar-refractivity contribution in [1.29, 1.82) is 0 Å². The summed E-state index contributed by atoms with van der Waals surface area (Å²) >= 11 is 1.69. The average Bonchev–Trinajstić information content (AvgIpc) is 2.61. The Morgan fingerprint density at radius 2 is 2.04 bits per heavy atom. The molecular weight excluding hydrogens is 318 g/mol. The van der Waals surface area contributed by atoms with E-state index in [-0.39, 0.29) is 5.91 Å². The number of fused-ring (bicyclic) bond motifs is 1. The van der Waals surface area contributed by atoms with Gasteiger partial charge in [-0.05, 0) is 48.0 Å². The Hall–Kier alpha value is -2.53. The van der Waals surface area contributed by atoms with Gasteiger partial charge in [-0.25, -0.2) is 0 Å². The maximum atomic E-state index is 12.3. The van der Waals surface area contributed by atoms with Crippen molar-refractivity contribution in [2.24, 2.45) is 0 Å². The monoisotopic (exact) mass is 337 g/mol. The van der Waals surface area contributed by atoms with E-state index >= 15 is 0 Å². The third-order valence-corrected chi connectivity index (χ3v) is 4.52. The van der Waals surface area contributed by atoms with Gasteiger partial charge in [0.15, 0.2) is 0 Å². The number of hydrogen-bond donors (Lipinski definition) is 1. The van der Waals surface area contributed by atoms with Crippen LogP contribution in [0.1, 0.15) is 0 Å². The molecule has 5 heteroatoms. The second kappa shape index (κ2) is 7.36. The van der Waals surface area contributed by atoms with Crippen molar-refractivity contribution >= 4 is 39.8 Å². The Balaban J connectivity index is 1.67. The first-order valence-corrected chi connectivity index (χ1v) is 8.87. The molecule has 4 nitrogen and oxygen atoms in total. The fraction of sp³-hybridized carbons (Fsp3) is 0.158. The van der Waals surface area contributed by atoms with E-state index in [0.717, 1.165) is 22.1 Å². The maximum absolute atomic E-state index is 12.3. The SMILES string of the molecule is CSc1cccc(N(C)CC(=O)Nc2ccc3cnccc3c2)c1. The van der Waals surface area contributed by atoms with Crippen LogP contribution < -0.4 is 10.2 Å². The van der Waals surface area contributed by atoms with Gasteiger partial charge in [0.1, 0.15) is 0 Å². The topological polar surface area (TPSA) is 45.2 Å². The van der Waals surface area contributed by atoms with Gasteiger partial charge in [-0.1, -0.05) is 12.1 Å². The molecule has 1 aromatic heterocycles. The summed E-state index contributed by atoms with van der Waals surface area (Å²) in [6.07, 6.45) is 5.61. The number of aromatic nitrogens is 1. The zero-order chi connectivity index (χ0) is 16.9. The molecule has 1 amide bonds. The van der Waals surface area contributed by atoms with Crippen molar-refractivity contribution in [1.82, 2.24) is 4.98 Å². The van der Waals surface area contributed by atoms with Gasteiger partial charge in [0.2, 0.25) is 5.91 Å². The highest BCUT2D eigenvalue weighted by Gasteiger charge is 2.09. The van der Waals surface area contributed by atoms with E-state index in [1.54, 1.807) is 18.0 Å². The lowest BCUT2D eigenvalue weighted by Gasteiger charge is -2.19. The third-order valence-electron chi connectivity index (χ3n) is 3.80. The van der Waals surface area contributed by atoms with Gasteiger partial charge in [0.05, 0.1) is 6.54 Å². The zero-order valence-electron chi connectivity index (χ0n) is 13.7. The number of hydrogen-bond acceptors (Lipinski definition) is 4. The number of rotatable bonds is 5. The van der Waals surface area contributed by atoms with Gasteiger partial charge in [0, 0.05) is 41.1 Å². The highest BCUT2D eigenvalue weighted by Crippen LogP contribution is 2.22. The van der Waals surface area contributed by atoms with Gasteiger partial charge in [-0.15, -0.1) is 11.8 Å². The number of pyridine rings is 1. The van der Waals surface area contributed by atoms with Crippen LogP contribution in [0.25, 0.3) is 10.8 Å². The van der Waals surface area contributed by atoms with E-state index in [1.807, 2.05) is 60.8 Å². The minimum Gasteiger partial charge on any atom is -0.365 e. The standard InChI is InChI=1S/C19H19N3OS/c1-22(17-4-3-5-18(11-17)24-2)13-19(23)21-16-7-6-15-12-20-9-8-14(15)10-16/h3-12H,13H2,1-2H3,(H,21,23). The molecule has 0 fully saturated rings. The average molecular weight is 337 g/mol. The molecule has 3 rings (SSSR count). The molecule has 122 valence electrons. The second-order valence-electron chi connectivity index (χ2n) is 5.54. The normalized spacial score (nSPS) is 10.6. The quantitative estimate of drug-likeness (QED) is 0.714. The maximum Gasteiger partial charge on any atom is 0.243 e. The number of nitrogens with one attached hydrogen (secondary N) is 1. The number of amides is 1. The van der Waals surface area contributed by atoms with Crippen LogP contribution >= 0.6 is 11.8 Å². The molecule has 0 saturated heterocycles. The number of carbonyl (C=O) groups excluding carboxylic acids is 1. The highest BCUT2D eigenvalue weighted by molar-refractivity contribution is 7.98. The van der Waals surface area contributed by atoms with Crippen molar-refractivity contribution in [3.05, 3.63) is 60.9 Å². The van der Waals surface area contributed by atoms with Crippen LogP contribution in [0.4, 0.5) is 11.4 Å². The summed E-state index contributed by atoms with van der Waals surface area (Å²) in [5.74, 6) is -0.0412. The summed E-state index contributed by atoms with van der Waals surface area (Å²) in [6.45, 7) is 0.298. The molecule has 0 atom stereocenters. The highest BCUT2D eigenvalue weighted by atomic mass is 32.2. The lowest BCUT2D eigenvalue weighted by atomic mass is 10.1. The largest absolute Gasteiger partial charge is 0.365 e. The fourth-order valence-corrected chi connectivity index (χ4v) is 2.97. The van der Waals surface area contributed by atoms with Crippen molar-refractivity contribution in [2.45, 2.75) is 4.90 Å². The molecule has 0 aliphatic carbocycles. The summed E-state index contributed by atoms with van der Waals surface area (Å²) < 4.78 is 0. The zero-order valence-corrected chi connectivity index (χ0v) is 14.5. The number of nitrogens with zero attached hydrogens (tertiary/aromatic N) is 2. The number of carbonyl (C=O) groups is 1. The van der Waals surface area contributed by atoms with E-state index in [2.05, 4.69) is 22.4 Å². The Labute approximate surface area is 145 Å². The molecule has 1 N–H and O–H groups in total. The van der Waals surface area contributed by atoms with Gasteiger partial charge in [-0.2, -0.15) is 0 Å². The summed E-state index contributed by atoms with van der Waals surface area (Å²) in [7, 11) is 1.92. The Morgan fingerprint density at radius 3 is 2.88 bits per heavy atom. The summed E-state index contributed by atoms with van der Waals surface area (Å²) in [6, 6.07) is 15.9. The molecule has 0 saturated carbocycles. The fourth-order valence-electron chi connectivity index (χ4n) is 2.52. The first-order chi connectivity index (χ1) is 11.7. The van der Waals surface area contributed by atoms with Crippen molar-refractivity contribution in [3.63, 3.8) is 0 Å². The van der Waals surface area contributed by atoms with Gasteiger partial charge >= 0.3 is 0 Å². The molecule has 0 radical (unpaired) electrons. The first-order valence-electron chi connectivity index (χ1n) is 7.64. The predicted octanol–water partition coefficient (Wildman–Crippen LogP) is 4.03. The van der Waals surface area contributed by atoms with Crippen LogP contribution in [0.5, 0.6) is 0 Å². The van der Waals surface area contributed by atoms with E-state index in [0.29, 0.717) is 6.54 Å². The smallest absolute Gasteiger partial charge is 0.243 e. The number of likely N-dealkylation sites (N-methyl/N-ethyl adjacent to an activating group) is 1. The molecule has 24 heavy (non-hydrogen) atoms. The van der Waals surface area contributed by atoms with Crippen LogP contribution in [0.15, 0.2) is 65.8 Å².